The van der Waals surface area contributed by atoms with Crippen molar-refractivity contribution in [2.45, 2.75) is 31.1 Å². The molecule has 0 nitrogen and oxygen atoms in total. The summed E-state index contributed by atoms with van der Waals surface area (Å²) in [5.74, 6) is 0.340. The first-order valence-corrected chi connectivity index (χ1v) is 15.8. The van der Waals surface area contributed by atoms with Crippen LogP contribution in [0.4, 0.5) is 0 Å². The second-order valence-corrected chi connectivity index (χ2v) is 11.9. The van der Waals surface area contributed by atoms with Gasteiger partial charge in [-0.25, -0.2) is 0 Å². The van der Waals surface area contributed by atoms with Gasteiger partial charge in [0.2, 0.25) is 0 Å². The minimum absolute atomic E-state index is 0.159. The topological polar surface area (TPSA) is 0 Å². The van der Waals surface area contributed by atoms with E-state index in [9.17, 15) is 0 Å². The van der Waals surface area contributed by atoms with Gasteiger partial charge in [0.15, 0.2) is 0 Å². The molecule has 0 fully saturated rings. The second-order valence-electron chi connectivity index (χ2n) is 11.9. The largest absolute Gasteiger partial charge is 0.0622 e. The lowest BCUT2D eigenvalue weighted by Gasteiger charge is -2.52. The summed E-state index contributed by atoms with van der Waals surface area (Å²) in [6.07, 6.45) is 3.32. The highest BCUT2D eigenvalue weighted by atomic mass is 14.5. The molecule has 0 aromatic heterocycles. The Labute approximate surface area is 264 Å². The third-order valence-electron chi connectivity index (χ3n) is 9.71. The minimum atomic E-state index is -0.417. The summed E-state index contributed by atoms with van der Waals surface area (Å²) in [4.78, 5) is 0. The van der Waals surface area contributed by atoms with E-state index in [0.717, 1.165) is 6.42 Å². The quantitative estimate of drug-likeness (QED) is 0.136. The van der Waals surface area contributed by atoms with Crippen molar-refractivity contribution >= 4 is 0 Å². The Morgan fingerprint density at radius 1 is 0.386 bits per heavy atom. The summed E-state index contributed by atoms with van der Waals surface area (Å²) in [5, 5.41) is 0. The Kier molecular flexibility index (Phi) is 8.89. The van der Waals surface area contributed by atoms with Gasteiger partial charge in [-0.05, 0) is 58.1 Å². The molecule has 1 radical (unpaired) electrons. The summed E-state index contributed by atoms with van der Waals surface area (Å²) in [5.41, 5.74) is 7.06. The Bertz CT molecular complexity index is 1500. The predicted molar refractivity (Wildman–Crippen MR) is 186 cm³/mol. The molecule has 0 aliphatic carbocycles. The Morgan fingerprint density at radius 2 is 0.614 bits per heavy atom. The van der Waals surface area contributed by atoms with Crippen LogP contribution in [0, 0.1) is 18.3 Å². The van der Waals surface area contributed by atoms with Gasteiger partial charge < -0.3 is 0 Å². The van der Waals surface area contributed by atoms with Crippen LogP contribution >= 0.6 is 0 Å². The molecule has 6 aromatic rings. The minimum Gasteiger partial charge on any atom is -0.0622 e. The predicted octanol–water partition coefficient (Wildman–Crippen LogP) is 10.9. The lowest BCUT2D eigenvalue weighted by molar-refractivity contribution is 0.201. The molecular weight excluding hydrogens is 528 g/mol. The van der Waals surface area contributed by atoms with Crippen molar-refractivity contribution in [3.63, 3.8) is 0 Å². The van der Waals surface area contributed by atoms with Gasteiger partial charge in [0, 0.05) is 10.8 Å². The van der Waals surface area contributed by atoms with E-state index in [0.29, 0.717) is 0 Å². The smallest absolute Gasteiger partial charge is 0.0482 e. The van der Waals surface area contributed by atoms with Crippen molar-refractivity contribution in [2.75, 3.05) is 0 Å². The Balaban J connectivity index is 1.75. The highest BCUT2D eigenvalue weighted by Gasteiger charge is 2.52. The number of hydrogen-bond acceptors (Lipinski definition) is 0. The van der Waals surface area contributed by atoms with Gasteiger partial charge in [-0.15, -0.1) is 0 Å². The van der Waals surface area contributed by atoms with E-state index in [2.05, 4.69) is 202 Å². The first kappa shape index (κ1) is 29.4. The molecule has 0 amide bonds. The highest BCUT2D eigenvalue weighted by molar-refractivity contribution is 5.56. The lowest BCUT2D eigenvalue weighted by Crippen LogP contribution is -2.49. The number of rotatable bonds is 11. The van der Waals surface area contributed by atoms with E-state index < -0.39 is 10.8 Å². The summed E-state index contributed by atoms with van der Waals surface area (Å²) < 4.78 is 0. The zero-order valence-electron chi connectivity index (χ0n) is 25.8. The molecule has 0 heteroatoms. The second kappa shape index (κ2) is 13.3. The van der Waals surface area contributed by atoms with Gasteiger partial charge in [0.05, 0.1) is 0 Å². The molecular formula is C44H41. The first-order valence-electron chi connectivity index (χ1n) is 15.8. The van der Waals surface area contributed by atoms with Gasteiger partial charge in [0.25, 0.3) is 0 Å². The SMILES string of the molecule is C[CH]C[C@@H]([C@H](C)C(c1ccccc1)(c1ccccc1)c1ccccc1)C(c1ccccc1)(c1ccccc1)c1ccccc1. The monoisotopic (exact) mass is 569 g/mol. The third-order valence-corrected chi connectivity index (χ3v) is 9.71. The van der Waals surface area contributed by atoms with Crippen molar-refractivity contribution in [1.29, 1.82) is 0 Å². The fourth-order valence-corrected chi connectivity index (χ4v) is 7.95. The van der Waals surface area contributed by atoms with Crippen LogP contribution in [0.1, 0.15) is 53.6 Å². The van der Waals surface area contributed by atoms with Crippen molar-refractivity contribution in [3.05, 3.63) is 222 Å². The summed E-state index contributed by atoms with van der Waals surface area (Å²) >= 11 is 0. The van der Waals surface area contributed by atoms with Crippen molar-refractivity contribution < 1.29 is 0 Å². The van der Waals surface area contributed by atoms with Crippen LogP contribution in [0.5, 0.6) is 0 Å². The van der Waals surface area contributed by atoms with Gasteiger partial charge in [-0.2, -0.15) is 0 Å². The van der Waals surface area contributed by atoms with Gasteiger partial charge in [-0.1, -0.05) is 196 Å². The van der Waals surface area contributed by atoms with E-state index in [4.69, 9.17) is 0 Å². The molecule has 6 rings (SSSR count). The number of benzene rings is 6. The molecule has 0 bridgehead atoms. The van der Waals surface area contributed by atoms with Crippen molar-refractivity contribution in [1.82, 2.24) is 0 Å². The van der Waals surface area contributed by atoms with Crippen LogP contribution in [0.3, 0.4) is 0 Å². The summed E-state index contributed by atoms with van der Waals surface area (Å²) in [6, 6.07) is 67.2. The maximum absolute atomic E-state index is 2.50. The normalized spacial score (nSPS) is 13.2. The van der Waals surface area contributed by atoms with E-state index in [-0.39, 0.29) is 11.8 Å². The van der Waals surface area contributed by atoms with Crippen LogP contribution in [-0.4, -0.2) is 0 Å². The zero-order chi connectivity index (χ0) is 30.2. The van der Waals surface area contributed by atoms with Gasteiger partial charge in [0.1, 0.15) is 0 Å². The Hall–Kier alpha value is -4.68. The van der Waals surface area contributed by atoms with Gasteiger partial charge in [-0.3, -0.25) is 0 Å². The molecule has 0 heterocycles. The average molecular weight is 570 g/mol. The van der Waals surface area contributed by atoms with Crippen LogP contribution in [0.25, 0.3) is 0 Å². The van der Waals surface area contributed by atoms with Crippen LogP contribution < -0.4 is 0 Å². The average Bonchev–Trinajstić information content (AvgIpc) is 3.11. The molecule has 0 saturated heterocycles. The first-order chi connectivity index (χ1) is 21.7. The zero-order valence-corrected chi connectivity index (χ0v) is 25.8. The van der Waals surface area contributed by atoms with E-state index in [1.807, 2.05) is 0 Å². The molecule has 0 aliphatic heterocycles. The molecule has 0 aliphatic rings. The molecule has 6 aromatic carbocycles. The summed E-state index contributed by atoms with van der Waals surface area (Å²) in [6.45, 7) is 4.73. The highest BCUT2D eigenvalue weighted by Crippen LogP contribution is 2.57. The Morgan fingerprint density at radius 3 is 0.841 bits per heavy atom. The fraction of sp³-hybridized carbons (Fsp3) is 0.159. The van der Waals surface area contributed by atoms with E-state index in [1.54, 1.807) is 0 Å². The van der Waals surface area contributed by atoms with Crippen LogP contribution in [0.15, 0.2) is 182 Å². The molecule has 44 heavy (non-hydrogen) atoms. The van der Waals surface area contributed by atoms with E-state index in [1.165, 1.54) is 33.4 Å². The molecule has 0 saturated carbocycles. The molecule has 0 unspecified atom stereocenters. The molecule has 217 valence electrons. The molecule has 0 spiro atoms. The molecule has 2 atom stereocenters. The summed E-state index contributed by atoms with van der Waals surface area (Å²) in [7, 11) is 0. The van der Waals surface area contributed by atoms with E-state index >= 15 is 0 Å². The maximum atomic E-state index is 2.50. The molecule has 0 N–H and O–H groups in total. The van der Waals surface area contributed by atoms with Crippen LogP contribution in [-0.2, 0) is 10.8 Å². The third kappa shape index (κ3) is 5.09. The number of hydrogen-bond donors (Lipinski definition) is 0. The van der Waals surface area contributed by atoms with Crippen molar-refractivity contribution in [3.8, 4) is 0 Å². The standard InChI is InChI=1S/C44H41/c1-3-22-42(44(39-29-16-7-17-30-39,40-31-18-8-19-32-40)41-33-20-9-21-34-41)35(2)43(36-23-10-4-11-24-36,37-25-12-5-13-26-37)38-27-14-6-15-28-38/h3-21,23-35,42H,22H2,1-2H3/t35-,42-/m0/s1. The van der Waals surface area contributed by atoms with Crippen molar-refractivity contribution in [2.24, 2.45) is 11.8 Å². The van der Waals surface area contributed by atoms with Crippen LogP contribution in [0.2, 0.25) is 0 Å². The van der Waals surface area contributed by atoms with Gasteiger partial charge >= 0.3 is 0 Å². The fourth-order valence-electron chi connectivity index (χ4n) is 7.95. The maximum Gasteiger partial charge on any atom is 0.0482 e. The lowest BCUT2D eigenvalue weighted by atomic mass is 9.50.